The van der Waals surface area contributed by atoms with Gasteiger partial charge in [0.25, 0.3) is 0 Å². The lowest BCUT2D eigenvalue weighted by Crippen LogP contribution is -3.00. The van der Waals surface area contributed by atoms with Crippen LogP contribution >= 0.6 is 39.2 Å². The standard InChI is InChI=1S/C20H43P2.2HI/c1-5-9-13-20(14-10-6-2)15-18-22(21-19-20,16-11-7-3)17-12-8-4;;/h21H,5-19H2,1-4H3;2*1H/q+1;;/p-1. The van der Waals surface area contributed by atoms with Gasteiger partial charge in [-0.25, -0.2) is 0 Å². The third kappa shape index (κ3) is 10.0. The average molecular weight is 600 g/mol. The van der Waals surface area contributed by atoms with Crippen LogP contribution in [0.1, 0.15) is 98.3 Å². The molecule has 4 heteroatoms. The Hall–Kier alpha value is 2.32. The van der Waals surface area contributed by atoms with Crippen molar-refractivity contribution in [1.29, 1.82) is 0 Å². The lowest BCUT2D eigenvalue weighted by molar-refractivity contribution is -0.00000523. The lowest BCUT2D eigenvalue weighted by atomic mass is 9.78. The minimum Gasteiger partial charge on any atom is -1.00 e. The van der Waals surface area contributed by atoms with Crippen LogP contribution in [0.4, 0.5) is 0 Å². The molecule has 1 aliphatic rings. The van der Waals surface area contributed by atoms with Gasteiger partial charge in [-0.05, 0) is 37.5 Å². The minimum absolute atomic E-state index is 0. The van der Waals surface area contributed by atoms with E-state index in [0.29, 0.717) is 0 Å². The molecule has 0 aliphatic carbocycles. The van der Waals surface area contributed by atoms with Crippen molar-refractivity contribution in [3.8, 4) is 0 Å². The van der Waals surface area contributed by atoms with Crippen molar-refractivity contribution < 1.29 is 24.0 Å². The molecular formula is C20H44I2P2. The Balaban J connectivity index is 0. The van der Waals surface area contributed by atoms with E-state index in [1.807, 2.05) is 0 Å². The van der Waals surface area contributed by atoms with Crippen molar-refractivity contribution >= 4 is 39.2 Å². The van der Waals surface area contributed by atoms with Gasteiger partial charge in [-0.2, -0.15) is 0 Å². The molecule has 1 atom stereocenters. The third-order valence-corrected chi connectivity index (χ3v) is 15.4. The molecule has 0 amide bonds. The van der Waals surface area contributed by atoms with Crippen LogP contribution in [0.2, 0.25) is 0 Å². The largest absolute Gasteiger partial charge is 1.00 e. The second kappa shape index (κ2) is 16.3. The number of halogens is 2. The molecule has 0 saturated carbocycles. The van der Waals surface area contributed by atoms with Crippen LogP contribution < -0.4 is 24.0 Å². The third-order valence-electron chi connectivity index (χ3n) is 5.86. The Morgan fingerprint density at radius 1 is 0.792 bits per heavy atom. The van der Waals surface area contributed by atoms with Crippen molar-refractivity contribution in [2.45, 2.75) is 98.3 Å². The zero-order valence-electron chi connectivity index (χ0n) is 16.8. The van der Waals surface area contributed by atoms with Crippen LogP contribution in [0.5, 0.6) is 0 Å². The molecule has 0 radical (unpaired) electrons. The van der Waals surface area contributed by atoms with Crippen LogP contribution in [0.3, 0.4) is 0 Å². The maximum atomic E-state index is 2.39. The fraction of sp³-hybridized carbons (Fsp3) is 1.00. The number of rotatable bonds is 12. The number of unbranched alkanes of at least 4 members (excludes halogenated alkanes) is 4. The van der Waals surface area contributed by atoms with Gasteiger partial charge in [0.15, 0.2) is 0 Å². The van der Waals surface area contributed by atoms with Gasteiger partial charge < -0.3 is 24.0 Å². The quantitative estimate of drug-likeness (QED) is 0.203. The van der Waals surface area contributed by atoms with Crippen LogP contribution in [0.25, 0.3) is 0 Å². The zero-order chi connectivity index (χ0) is 16.3. The molecule has 1 heterocycles. The maximum Gasteiger partial charge on any atom is 0.0619 e. The Labute approximate surface area is 190 Å². The van der Waals surface area contributed by atoms with E-state index in [2.05, 4.69) is 27.7 Å². The van der Waals surface area contributed by atoms with Crippen LogP contribution in [0, 0.1) is 5.41 Å². The highest BCUT2D eigenvalue weighted by Crippen LogP contribution is 2.79. The van der Waals surface area contributed by atoms with Gasteiger partial charge in [-0.3, -0.25) is 0 Å². The van der Waals surface area contributed by atoms with E-state index in [-0.39, 0.29) is 48.0 Å². The summed E-state index contributed by atoms with van der Waals surface area (Å²) in [5, 5.41) is 0. The summed E-state index contributed by atoms with van der Waals surface area (Å²) >= 11 is 0. The van der Waals surface area contributed by atoms with Crippen molar-refractivity contribution in [1.82, 2.24) is 0 Å². The van der Waals surface area contributed by atoms with Crippen molar-refractivity contribution in [3.63, 3.8) is 0 Å². The van der Waals surface area contributed by atoms with Gasteiger partial charge >= 0.3 is 0 Å². The van der Waals surface area contributed by atoms with Crippen molar-refractivity contribution in [2.24, 2.45) is 5.41 Å². The molecule has 0 N–H and O–H groups in total. The van der Waals surface area contributed by atoms with Gasteiger partial charge in [0, 0.05) is 21.4 Å². The Morgan fingerprint density at radius 2 is 1.25 bits per heavy atom. The summed E-state index contributed by atoms with van der Waals surface area (Å²) < 4.78 is 0. The van der Waals surface area contributed by atoms with Gasteiger partial charge in [-0.15, -0.1) is 24.0 Å². The Bertz CT molecular complexity index is 229. The first-order valence-electron chi connectivity index (χ1n) is 10.3. The fourth-order valence-corrected chi connectivity index (χ4v) is 13.8. The molecule has 148 valence electrons. The van der Waals surface area contributed by atoms with E-state index in [0.717, 1.165) is 5.41 Å². The van der Waals surface area contributed by atoms with Crippen molar-refractivity contribution in [3.05, 3.63) is 0 Å². The molecular weight excluding hydrogens is 556 g/mol. The highest BCUT2D eigenvalue weighted by atomic mass is 127. The van der Waals surface area contributed by atoms with E-state index in [9.17, 15) is 0 Å². The van der Waals surface area contributed by atoms with Gasteiger partial charge in [0.1, 0.15) is 0 Å². The maximum absolute atomic E-state index is 2.39. The molecule has 0 aromatic carbocycles. The van der Waals surface area contributed by atoms with Crippen molar-refractivity contribution in [2.75, 3.05) is 24.6 Å². The molecule has 0 bridgehead atoms. The zero-order valence-corrected chi connectivity index (χ0v) is 23.2. The van der Waals surface area contributed by atoms with E-state index in [1.54, 1.807) is 31.1 Å². The Morgan fingerprint density at radius 3 is 1.58 bits per heavy atom. The molecule has 1 saturated heterocycles. The number of hydrogen-bond donors (Lipinski definition) is 0. The topological polar surface area (TPSA) is 0 Å². The SMILES string of the molecule is CCCCC1(CCCC)CC[P+](CCCC)(CCCC)PC1.I.[I-]. The molecule has 1 fully saturated rings. The summed E-state index contributed by atoms with van der Waals surface area (Å²) in [6.07, 6.45) is 22.8. The minimum atomic E-state index is -0.540. The molecule has 0 aromatic rings. The summed E-state index contributed by atoms with van der Waals surface area (Å²) in [7, 11) is 1.37. The van der Waals surface area contributed by atoms with Crippen LogP contribution in [0.15, 0.2) is 0 Å². The van der Waals surface area contributed by atoms with E-state index >= 15 is 0 Å². The highest BCUT2D eigenvalue weighted by molar-refractivity contribution is 14.0. The summed E-state index contributed by atoms with van der Waals surface area (Å²) in [6, 6.07) is 0. The average Bonchev–Trinajstić information content (AvgIpc) is 2.56. The highest BCUT2D eigenvalue weighted by Gasteiger charge is 2.46. The summed E-state index contributed by atoms with van der Waals surface area (Å²) in [5.41, 5.74) is 0.770. The van der Waals surface area contributed by atoms with E-state index in [4.69, 9.17) is 0 Å². The summed E-state index contributed by atoms with van der Waals surface area (Å²) in [6.45, 7) is 8.98. The van der Waals surface area contributed by atoms with E-state index in [1.165, 1.54) is 72.5 Å². The Kier molecular flexibility index (Phi) is 19.4. The summed E-state index contributed by atoms with van der Waals surface area (Å²) in [5.74, 6) is 0. The van der Waals surface area contributed by atoms with Crippen LogP contribution in [-0.2, 0) is 0 Å². The first kappa shape index (κ1) is 28.5. The molecule has 24 heavy (non-hydrogen) atoms. The predicted molar refractivity (Wildman–Crippen MR) is 126 cm³/mol. The lowest BCUT2D eigenvalue weighted by Gasteiger charge is -2.43. The molecule has 0 aromatic heterocycles. The first-order valence-corrected chi connectivity index (χ1v) is 14.7. The normalized spacial score (nSPS) is 19.5. The molecule has 0 spiro atoms. The second-order valence-corrected chi connectivity index (χ2v) is 15.9. The monoisotopic (exact) mass is 600 g/mol. The van der Waals surface area contributed by atoms with Gasteiger partial charge in [-0.1, -0.05) is 66.2 Å². The van der Waals surface area contributed by atoms with Gasteiger partial charge in [0.2, 0.25) is 0 Å². The fourth-order valence-electron chi connectivity index (χ4n) is 4.02. The second-order valence-electron chi connectivity index (χ2n) is 7.82. The van der Waals surface area contributed by atoms with Crippen LogP contribution in [-0.4, -0.2) is 24.6 Å². The molecule has 1 unspecified atom stereocenters. The molecule has 0 nitrogen and oxygen atoms in total. The van der Waals surface area contributed by atoms with Gasteiger partial charge in [0.05, 0.1) is 18.5 Å². The molecule has 1 aliphatic heterocycles. The predicted octanol–water partition coefficient (Wildman–Crippen LogP) is 5.59. The molecule has 1 rings (SSSR count). The first-order chi connectivity index (χ1) is 10.7. The number of hydrogen-bond acceptors (Lipinski definition) is 0. The van der Waals surface area contributed by atoms with E-state index < -0.39 is 6.95 Å². The smallest absolute Gasteiger partial charge is 0.0619 e. The summed E-state index contributed by atoms with van der Waals surface area (Å²) in [4.78, 5) is 0.